The van der Waals surface area contributed by atoms with E-state index < -0.39 is 10.0 Å². The maximum Gasteiger partial charge on any atom is 0.211 e. The van der Waals surface area contributed by atoms with Crippen LogP contribution in [0.1, 0.15) is 18.9 Å². The van der Waals surface area contributed by atoms with Crippen molar-refractivity contribution in [1.29, 1.82) is 0 Å². The third-order valence-corrected chi connectivity index (χ3v) is 4.29. The van der Waals surface area contributed by atoms with Gasteiger partial charge in [0.25, 0.3) is 0 Å². The molecule has 98 valence electrons. The topological polar surface area (TPSA) is 64.0 Å². The van der Waals surface area contributed by atoms with Gasteiger partial charge < -0.3 is 4.57 Å². The smallest absolute Gasteiger partial charge is 0.211 e. The van der Waals surface area contributed by atoms with Gasteiger partial charge in [-0.3, -0.25) is 0 Å². The minimum atomic E-state index is -3.15. The number of sulfonamides is 1. The van der Waals surface area contributed by atoms with Gasteiger partial charge in [0.1, 0.15) is 0 Å². The van der Waals surface area contributed by atoms with E-state index in [0.29, 0.717) is 13.0 Å². The highest BCUT2D eigenvalue weighted by Gasteiger charge is 2.08. The van der Waals surface area contributed by atoms with Crippen LogP contribution >= 0.6 is 0 Å². The highest BCUT2D eigenvalue weighted by molar-refractivity contribution is 7.89. The van der Waals surface area contributed by atoms with Crippen LogP contribution in [0.4, 0.5) is 0 Å². The molecule has 0 aliphatic rings. The molecule has 0 amide bonds. The van der Waals surface area contributed by atoms with Crippen molar-refractivity contribution < 1.29 is 8.42 Å². The van der Waals surface area contributed by atoms with Gasteiger partial charge in [0, 0.05) is 13.6 Å². The number of hydrogen-bond acceptors (Lipinski definition) is 3. The monoisotopic (exact) mass is 267 g/mol. The lowest BCUT2D eigenvalue weighted by atomic mass is 10.2. The van der Waals surface area contributed by atoms with Crippen molar-refractivity contribution in [2.75, 3.05) is 5.75 Å². The molecule has 0 unspecified atom stereocenters. The predicted molar refractivity (Wildman–Crippen MR) is 71.6 cm³/mol. The van der Waals surface area contributed by atoms with Gasteiger partial charge in [0.05, 0.1) is 23.1 Å². The molecule has 1 heterocycles. The molecule has 18 heavy (non-hydrogen) atoms. The fourth-order valence-electron chi connectivity index (χ4n) is 1.83. The first kappa shape index (κ1) is 13.0. The second kappa shape index (κ2) is 5.07. The van der Waals surface area contributed by atoms with Crippen LogP contribution in [-0.4, -0.2) is 23.7 Å². The van der Waals surface area contributed by atoms with E-state index in [9.17, 15) is 8.42 Å². The standard InChI is InChI=1S/C12H17N3O2S/c1-3-6-18(16,17)14-8-10-4-5-12-11(7-10)13-9-15(12)2/h4-5,7,9,14H,3,6,8H2,1-2H3. The second-order valence-corrected chi connectivity index (χ2v) is 6.24. The number of rotatable bonds is 5. The first-order chi connectivity index (χ1) is 8.52. The minimum Gasteiger partial charge on any atom is -0.334 e. The highest BCUT2D eigenvalue weighted by atomic mass is 32.2. The molecule has 5 nitrogen and oxygen atoms in total. The molecule has 0 bridgehead atoms. The summed E-state index contributed by atoms with van der Waals surface area (Å²) in [4.78, 5) is 4.25. The van der Waals surface area contributed by atoms with E-state index in [1.165, 1.54) is 0 Å². The van der Waals surface area contributed by atoms with Crippen LogP contribution in [0.3, 0.4) is 0 Å². The van der Waals surface area contributed by atoms with Gasteiger partial charge in [-0.2, -0.15) is 0 Å². The van der Waals surface area contributed by atoms with Gasteiger partial charge in [-0.1, -0.05) is 13.0 Å². The van der Waals surface area contributed by atoms with Crippen molar-refractivity contribution in [1.82, 2.24) is 14.3 Å². The Balaban J connectivity index is 2.13. The molecule has 2 aromatic rings. The number of nitrogens with zero attached hydrogens (tertiary/aromatic N) is 2. The number of aryl methyl sites for hydroxylation is 1. The lowest BCUT2D eigenvalue weighted by Gasteiger charge is -2.05. The van der Waals surface area contributed by atoms with E-state index >= 15 is 0 Å². The zero-order chi connectivity index (χ0) is 13.2. The Labute approximate surface area is 107 Å². The van der Waals surface area contributed by atoms with Gasteiger partial charge in [-0.15, -0.1) is 0 Å². The molecule has 0 fully saturated rings. The first-order valence-electron chi connectivity index (χ1n) is 5.89. The summed E-state index contributed by atoms with van der Waals surface area (Å²) in [5.74, 6) is 0.166. The Morgan fingerprint density at radius 1 is 1.39 bits per heavy atom. The number of imidazole rings is 1. The highest BCUT2D eigenvalue weighted by Crippen LogP contribution is 2.13. The maximum atomic E-state index is 11.5. The normalized spacial score (nSPS) is 12.1. The summed E-state index contributed by atoms with van der Waals surface area (Å²) in [6.45, 7) is 2.16. The number of aromatic nitrogens is 2. The third-order valence-electron chi connectivity index (χ3n) is 2.76. The Morgan fingerprint density at radius 2 is 2.17 bits per heavy atom. The SMILES string of the molecule is CCCS(=O)(=O)NCc1ccc2c(c1)ncn2C. The van der Waals surface area contributed by atoms with Crippen molar-refractivity contribution in [3.63, 3.8) is 0 Å². The van der Waals surface area contributed by atoms with Crippen molar-refractivity contribution in [2.24, 2.45) is 7.05 Å². The molecule has 6 heteroatoms. The average molecular weight is 267 g/mol. The molecule has 0 aliphatic carbocycles. The molecule has 0 saturated carbocycles. The van der Waals surface area contributed by atoms with Gasteiger partial charge >= 0.3 is 0 Å². The van der Waals surface area contributed by atoms with Gasteiger partial charge in [0.15, 0.2) is 0 Å². The van der Waals surface area contributed by atoms with Gasteiger partial charge in [0.2, 0.25) is 10.0 Å². The summed E-state index contributed by atoms with van der Waals surface area (Å²) in [5.41, 5.74) is 2.83. The Morgan fingerprint density at radius 3 is 2.89 bits per heavy atom. The maximum absolute atomic E-state index is 11.5. The fourth-order valence-corrected chi connectivity index (χ4v) is 2.89. The Hall–Kier alpha value is -1.40. The summed E-state index contributed by atoms with van der Waals surface area (Å²) < 4.78 is 27.6. The van der Waals surface area contributed by atoms with Crippen LogP contribution in [0.25, 0.3) is 11.0 Å². The number of fused-ring (bicyclic) bond motifs is 1. The number of hydrogen-bond donors (Lipinski definition) is 1. The van der Waals surface area contributed by atoms with E-state index in [4.69, 9.17) is 0 Å². The molecule has 0 atom stereocenters. The molecule has 2 rings (SSSR count). The molecule has 1 N–H and O–H groups in total. The van der Waals surface area contributed by atoms with E-state index in [1.54, 1.807) is 6.33 Å². The lowest BCUT2D eigenvalue weighted by Crippen LogP contribution is -2.25. The van der Waals surface area contributed by atoms with Crippen molar-refractivity contribution in [3.05, 3.63) is 30.1 Å². The van der Waals surface area contributed by atoms with Gasteiger partial charge in [-0.05, 0) is 24.1 Å². The summed E-state index contributed by atoms with van der Waals surface area (Å²) in [6.07, 6.45) is 2.37. The lowest BCUT2D eigenvalue weighted by molar-refractivity contribution is 0.580. The molecule has 1 aromatic carbocycles. The van der Waals surface area contributed by atoms with Crippen molar-refractivity contribution >= 4 is 21.1 Å². The minimum absolute atomic E-state index is 0.166. The summed E-state index contributed by atoms with van der Waals surface area (Å²) in [5, 5.41) is 0. The van der Waals surface area contributed by atoms with Crippen LogP contribution in [0.15, 0.2) is 24.5 Å². The largest absolute Gasteiger partial charge is 0.334 e. The summed E-state index contributed by atoms with van der Waals surface area (Å²) >= 11 is 0. The van der Waals surface area contributed by atoms with Crippen LogP contribution in [0, 0.1) is 0 Å². The summed E-state index contributed by atoms with van der Waals surface area (Å²) in [6, 6.07) is 5.77. The zero-order valence-electron chi connectivity index (χ0n) is 10.5. The van der Waals surface area contributed by atoms with Crippen molar-refractivity contribution in [3.8, 4) is 0 Å². The van der Waals surface area contributed by atoms with Crippen LogP contribution in [0.2, 0.25) is 0 Å². The first-order valence-corrected chi connectivity index (χ1v) is 7.54. The van der Waals surface area contributed by atoms with E-state index in [0.717, 1.165) is 16.6 Å². The fraction of sp³-hybridized carbons (Fsp3) is 0.417. The van der Waals surface area contributed by atoms with Crippen molar-refractivity contribution in [2.45, 2.75) is 19.9 Å². The molecule has 0 aliphatic heterocycles. The molecule has 0 spiro atoms. The zero-order valence-corrected chi connectivity index (χ0v) is 11.4. The van der Waals surface area contributed by atoms with E-state index in [2.05, 4.69) is 9.71 Å². The third kappa shape index (κ3) is 2.88. The average Bonchev–Trinajstić information content (AvgIpc) is 2.68. The molecule has 0 saturated heterocycles. The quantitative estimate of drug-likeness (QED) is 0.890. The molecular formula is C12H17N3O2S. The van der Waals surface area contributed by atoms with E-state index in [-0.39, 0.29) is 5.75 Å². The Bertz CT molecular complexity index is 646. The predicted octanol–water partition coefficient (Wildman–Crippen LogP) is 1.40. The second-order valence-electron chi connectivity index (χ2n) is 4.32. The number of nitrogens with one attached hydrogen (secondary N) is 1. The van der Waals surface area contributed by atoms with Crippen LogP contribution in [-0.2, 0) is 23.6 Å². The van der Waals surface area contributed by atoms with Crippen LogP contribution in [0.5, 0.6) is 0 Å². The van der Waals surface area contributed by atoms with Crippen LogP contribution < -0.4 is 4.72 Å². The summed E-state index contributed by atoms with van der Waals surface area (Å²) in [7, 11) is -1.22. The number of benzene rings is 1. The molecule has 0 radical (unpaired) electrons. The van der Waals surface area contributed by atoms with Gasteiger partial charge in [-0.25, -0.2) is 18.1 Å². The molecule has 1 aromatic heterocycles. The van der Waals surface area contributed by atoms with E-state index in [1.807, 2.05) is 36.7 Å². The molecular weight excluding hydrogens is 250 g/mol. The Kier molecular flexibility index (Phi) is 3.68.